The number of piperazine rings is 1. The number of nitrogens with one attached hydrogen (secondary N) is 2. The van der Waals surface area contributed by atoms with Crippen LogP contribution in [0.15, 0.2) is 30.3 Å². The number of para-hydroxylation sites is 1. The number of hydrogen-bond acceptors (Lipinski definition) is 14. The van der Waals surface area contributed by atoms with Gasteiger partial charge < -0.3 is 44.6 Å². The van der Waals surface area contributed by atoms with E-state index in [0.29, 0.717) is 64.8 Å². The van der Waals surface area contributed by atoms with Gasteiger partial charge in [0.2, 0.25) is 6.79 Å². The maximum absolute atomic E-state index is 15.1. The van der Waals surface area contributed by atoms with Gasteiger partial charge in [0.25, 0.3) is 0 Å². The number of esters is 2. The monoisotopic (exact) mass is 797 g/mol. The first-order valence-electron chi connectivity index (χ1n) is 19.6. The van der Waals surface area contributed by atoms with Crippen LogP contribution in [-0.4, -0.2) is 101 Å². The maximum Gasteiger partial charge on any atom is 0.333 e. The Morgan fingerprint density at radius 1 is 1.12 bits per heavy atom. The molecule has 2 unspecified atom stereocenters. The number of aliphatic hydroxyl groups is 1. The summed E-state index contributed by atoms with van der Waals surface area (Å²) in [5.41, 5.74) is 10.4. The Kier molecular flexibility index (Phi) is 8.39. The summed E-state index contributed by atoms with van der Waals surface area (Å²) in [6.07, 6.45) is 0.809. The Bertz CT molecular complexity index is 2390. The molecule has 15 heteroatoms. The molecule has 0 radical (unpaired) electrons. The van der Waals surface area contributed by atoms with Crippen LogP contribution < -0.4 is 30.0 Å². The Balaban J connectivity index is 1.26. The van der Waals surface area contributed by atoms with Crippen LogP contribution in [0.3, 0.4) is 0 Å². The van der Waals surface area contributed by atoms with Crippen molar-refractivity contribution in [1.29, 1.82) is 0 Å². The number of phenolic OH excluding ortho intramolecular Hbond substituents is 1. The predicted octanol–water partition coefficient (Wildman–Crippen LogP) is 3.90. The number of hydrogen-bond donors (Lipinski definition) is 5. The van der Waals surface area contributed by atoms with Crippen molar-refractivity contribution in [3.05, 3.63) is 75.0 Å². The van der Waals surface area contributed by atoms with Crippen molar-refractivity contribution in [3.8, 4) is 28.7 Å². The molecule has 12 rings (SSSR count). The molecule has 2 saturated heterocycles. The second kappa shape index (κ2) is 13.0. The Morgan fingerprint density at radius 2 is 1.91 bits per heavy atom. The summed E-state index contributed by atoms with van der Waals surface area (Å²) >= 11 is 1.53. The zero-order valence-corrected chi connectivity index (χ0v) is 33.4. The predicted molar refractivity (Wildman–Crippen MR) is 211 cm³/mol. The molecule has 8 aliphatic rings. The van der Waals surface area contributed by atoms with Gasteiger partial charge in [-0.25, -0.2) is 4.79 Å². The van der Waals surface area contributed by atoms with Crippen molar-refractivity contribution in [3.63, 3.8) is 0 Å². The fourth-order valence-electron chi connectivity index (χ4n) is 11.0. The molecule has 8 aliphatic heterocycles. The first-order valence-corrected chi connectivity index (χ1v) is 20.6. The largest absolute Gasteiger partial charge is 0.504 e. The molecule has 8 atom stereocenters. The van der Waals surface area contributed by atoms with Crippen LogP contribution in [0.1, 0.15) is 75.8 Å². The van der Waals surface area contributed by atoms with Crippen molar-refractivity contribution >= 4 is 34.6 Å². The molecular weight excluding hydrogens is 751 g/mol. The Morgan fingerprint density at radius 3 is 2.67 bits per heavy atom. The number of likely N-dealkylation sites (N-methyl/N-ethyl adjacent to an activating group) is 1. The molecule has 4 bridgehead atoms. The lowest BCUT2D eigenvalue weighted by molar-refractivity contribution is -0.218. The van der Waals surface area contributed by atoms with Gasteiger partial charge in [-0.15, -0.1) is 11.8 Å². The fraction of sp³-hybridized carbons (Fsp3) is 0.476. The molecule has 14 nitrogen and oxygen atoms in total. The molecule has 4 aromatic rings. The van der Waals surface area contributed by atoms with Crippen molar-refractivity contribution in [1.82, 2.24) is 20.1 Å². The van der Waals surface area contributed by atoms with Crippen LogP contribution in [0, 0.1) is 13.8 Å². The fourth-order valence-corrected chi connectivity index (χ4v) is 12.6. The number of rotatable bonds is 4. The number of nitrogens with zero attached hydrogens (tertiary/aromatic N) is 2. The molecule has 57 heavy (non-hydrogen) atoms. The summed E-state index contributed by atoms with van der Waals surface area (Å²) in [4.78, 5) is 36.0. The van der Waals surface area contributed by atoms with Gasteiger partial charge in [0.1, 0.15) is 18.1 Å². The number of phenols is 1. The number of carbonyl (C=O) groups excluding carboxylic acids is 2. The molecule has 2 fully saturated rings. The van der Waals surface area contributed by atoms with Crippen LogP contribution in [0.25, 0.3) is 10.9 Å². The average Bonchev–Trinajstić information content (AvgIpc) is 3.78. The minimum atomic E-state index is -1.50. The number of aryl methyl sites for hydroxylation is 1. The number of nitrogens with two attached hydrogens (primary N) is 1. The third kappa shape index (κ3) is 5.02. The zero-order valence-electron chi connectivity index (χ0n) is 32.6. The lowest BCUT2D eigenvalue weighted by Crippen LogP contribution is -2.70. The van der Waals surface area contributed by atoms with Crippen LogP contribution in [0.4, 0.5) is 0 Å². The van der Waals surface area contributed by atoms with E-state index in [9.17, 15) is 15.0 Å². The first kappa shape index (κ1) is 36.8. The second-order valence-corrected chi connectivity index (χ2v) is 17.3. The first-order chi connectivity index (χ1) is 27.4. The quantitative estimate of drug-likeness (QED) is 0.148. The number of aromatic nitrogens is 1. The second-order valence-electron chi connectivity index (χ2n) is 16.2. The normalized spacial score (nSPS) is 31.0. The van der Waals surface area contributed by atoms with E-state index in [1.165, 1.54) is 18.7 Å². The highest BCUT2D eigenvalue weighted by atomic mass is 32.2. The topological polar surface area (TPSA) is 181 Å². The van der Waals surface area contributed by atoms with E-state index < -0.39 is 46.6 Å². The molecule has 1 aromatic heterocycles. The summed E-state index contributed by atoms with van der Waals surface area (Å²) in [6.45, 7) is 8.06. The lowest BCUT2D eigenvalue weighted by atomic mass is 9.78. The third-order valence-corrected chi connectivity index (χ3v) is 14.6. The molecule has 6 N–H and O–H groups in total. The van der Waals surface area contributed by atoms with Gasteiger partial charge in [-0.1, -0.05) is 31.2 Å². The van der Waals surface area contributed by atoms with Gasteiger partial charge in [-0.05, 0) is 49.6 Å². The van der Waals surface area contributed by atoms with Gasteiger partial charge >= 0.3 is 11.9 Å². The van der Waals surface area contributed by atoms with E-state index in [4.69, 9.17) is 29.4 Å². The highest BCUT2D eigenvalue weighted by Gasteiger charge is 2.64. The molecule has 0 saturated carbocycles. The molecule has 0 aliphatic carbocycles. The SMILES string of the molecule is CCN1CC2(O)Cc3cc(C)c(OC)c(O)c3[C@H]1[C@@H]1[C@@H]3SC[C@]4(N[C@H](CN)Cc5c4[nH]c4ccccc54)C(=O)OC[C@@H](c4c5c(c(C)c(OC(C)=O)c43)OCO5)N12. The third-order valence-electron chi connectivity index (χ3n) is 13.1. The summed E-state index contributed by atoms with van der Waals surface area (Å²) < 4.78 is 30.9. The molecule has 300 valence electrons. The minimum absolute atomic E-state index is 0.0349. The van der Waals surface area contributed by atoms with Crippen LogP contribution in [0.2, 0.25) is 0 Å². The van der Waals surface area contributed by atoms with Crippen molar-refractivity contribution in [2.75, 3.05) is 45.9 Å². The van der Waals surface area contributed by atoms with Crippen LogP contribution in [0.5, 0.6) is 28.7 Å². The van der Waals surface area contributed by atoms with Gasteiger partial charge in [-0.3, -0.25) is 19.9 Å². The molecule has 3 aromatic carbocycles. The standard InChI is InChI=1S/C42H47N5O9S/c1-6-46-16-41(51)13-22-11-19(2)34(52-5)33(49)28(22)31(46)32-38-30-29(37-36(54-18-55-37)20(3)35(30)56-21(4)48)27(47(32)41)15-53-40(50)42(17-57-38)39-25(12-23(14-43)45-42)24-9-7-8-10-26(24)44-39/h7-11,23,27,31-32,38,44-45,49,51H,6,12-18,43H2,1-5H3/t23-,27-,31-,32+,38+,41?,42+/m0/s1. The van der Waals surface area contributed by atoms with Crippen molar-refractivity contribution < 1.29 is 43.5 Å². The van der Waals surface area contributed by atoms with E-state index >= 15 is 4.79 Å². The van der Waals surface area contributed by atoms with Gasteiger partial charge in [0, 0.05) is 77.4 Å². The Labute approximate surface area is 333 Å². The number of benzene rings is 3. The smallest absolute Gasteiger partial charge is 0.333 e. The maximum atomic E-state index is 15.1. The summed E-state index contributed by atoms with van der Waals surface area (Å²) in [5, 5.41) is 29.6. The molecule has 0 amide bonds. The van der Waals surface area contributed by atoms with E-state index in [2.05, 4.69) is 33.1 Å². The average molecular weight is 798 g/mol. The zero-order chi connectivity index (χ0) is 39.7. The number of aromatic amines is 1. The van der Waals surface area contributed by atoms with Crippen LogP contribution >= 0.6 is 11.8 Å². The number of thioether (sulfide) groups is 1. The number of aromatic hydroxyl groups is 1. The van der Waals surface area contributed by atoms with Gasteiger partial charge in [-0.2, -0.15) is 0 Å². The summed E-state index contributed by atoms with van der Waals surface area (Å²) in [5.74, 6) is 0.913. The van der Waals surface area contributed by atoms with Crippen LogP contribution in [-0.2, 0) is 32.7 Å². The van der Waals surface area contributed by atoms with E-state index in [0.717, 1.165) is 33.3 Å². The summed E-state index contributed by atoms with van der Waals surface area (Å²) in [6, 6.07) is 7.98. The molecule has 1 spiro atoms. The summed E-state index contributed by atoms with van der Waals surface area (Å²) in [7, 11) is 1.55. The van der Waals surface area contributed by atoms with Crippen molar-refractivity contribution in [2.24, 2.45) is 5.73 Å². The minimum Gasteiger partial charge on any atom is -0.504 e. The highest BCUT2D eigenvalue weighted by molar-refractivity contribution is 7.99. The number of fused-ring (bicyclic) bond motifs is 8. The van der Waals surface area contributed by atoms with Gasteiger partial charge in [0.15, 0.2) is 28.5 Å². The van der Waals surface area contributed by atoms with Crippen molar-refractivity contribution in [2.45, 2.75) is 81.2 Å². The lowest BCUT2D eigenvalue weighted by Gasteiger charge is -2.61. The van der Waals surface area contributed by atoms with E-state index in [1.807, 2.05) is 38.1 Å². The van der Waals surface area contributed by atoms with E-state index in [1.54, 1.807) is 7.11 Å². The number of ether oxygens (including phenoxy) is 5. The molecular formula is C42H47N5O9S. The Hall–Kier alpha value is -4.51. The number of carbonyl (C=O) groups is 2. The molecule has 9 heterocycles. The van der Waals surface area contributed by atoms with E-state index in [-0.39, 0.29) is 43.9 Å². The number of methoxy groups -OCH3 is 1. The highest BCUT2D eigenvalue weighted by Crippen LogP contribution is 2.65. The van der Waals surface area contributed by atoms with Gasteiger partial charge in [0.05, 0.1) is 30.1 Å². The number of H-pyrrole nitrogens is 1.